The fourth-order valence-electron chi connectivity index (χ4n) is 10.3. The van der Waals surface area contributed by atoms with Crippen molar-refractivity contribution in [1.82, 2.24) is 0 Å². The molecule has 5 aromatic heterocycles. The van der Waals surface area contributed by atoms with Crippen LogP contribution in [-0.2, 0) is 35.2 Å². The number of pyridine rings is 5. The zero-order chi connectivity index (χ0) is 63.5. The quantitative estimate of drug-likeness (QED) is 0.153. The summed E-state index contributed by atoms with van der Waals surface area (Å²) in [5.41, 5.74) is 29.5. The second-order valence-electron chi connectivity index (χ2n) is 21.8. The normalized spacial score (nSPS) is 11.9. The van der Waals surface area contributed by atoms with Crippen molar-refractivity contribution in [2.24, 2.45) is 35.2 Å². The largest absolute Gasteiger partial charge is 0.212 e. The van der Waals surface area contributed by atoms with Gasteiger partial charge in [-0.1, -0.05) is 90.0 Å². The minimum Gasteiger partial charge on any atom is -0.201 e. The lowest BCUT2D eigenvalue weighted by atomic mass is 9.99. The van der Waals surface area contributed by atoms with Crippen LogP contribution < -0.4 is 22.8 Å². The molecule has 0 saturated heterocycles. The molecule has 0 aliphatic heterocycles. The van der Waals surface area contributed by atoms with E-state index < -0.39 is 13.7 Å². The number of hydrogen-bond donors (Lipinski definition) is 0. The predicted molar refractivity (Wildman–Crippen MR) is 336 cm³/mol. The van der Waals surface area contributed by atoms with E-state index >= 15 is 0 Å². The van der Waals surface area contributed by atoms with Crippen LogP contribution in [0.1, 0.15) is 91.8 Å². The lowest BCUT2D eigenvalue weighted by molar-refractivity contribution is -0.667. The minimum atomic E-state index is -2.06. The van der Waals surface area contributed by atoms with E-state index in [0.29, 0.717) is 11.1 Å². The maximum atomic E-state index is 7.45. The van der Waals surface area contributed by atoms with Crippen molar-refractivity contribution in [3.8, 4) is 56.3 Å². The van der Waals surface area contributed by atoms with E-state index in [-0.39, 0.29) is 0 Å². The van der Waals surface area contributed by atoms with Crippen LogP contribution >= 0.6 is 0 Å². The Morgan fingerprint density at radius 3 is 0.963 bits per heavy atom. The van der Waals surface area contributed by atoms with Crippen molar-refractivity contribution in [2.45, 2.75) is 104 Å². The molecule has 0 atom stereocenters. The number of hydrogen-bond acceptors (Lipinski definition) is 0. The average Bonchev–Trinajstić information content (AvgIpc) is 3.25. The lowest BCUT2D eigenvalue weighted by Gasteiger charge is -2.07. The molecule has 5 heterocycles. The van der Waals surface area contributed by atoms with Crippen molar-refractivity contribution in [3.05, 3.63) is 266 Å². The average molecular weight is 1070 g/mol. The zero-order valence-corrected chi connectivity index (χ0v) is 51.1. The van der Waals surface area contributed by atoms with Gasteiger partial charge in [0.15, 0.2) is 30.5 Å². The number of benzene rings is 5. The second kappa shape index (κ2) is 27.6. The van der Waals surface area contributed by atoms with Gasteiger partial charge in [-0.05, 0) is 184 Å². The third-order valence-electron chi connectivity index (χ3n) is 15.0. The third kappa shape index (κ3) is 15.6. The first-order valence-corrected chi connectivity index (χ1v) is 27.6. The molecule has 0 amide bonds. The van der Waals surface area contributed by atoms with Gasteiger partial charge in [0.1, 0.15) is 35.2 Å². The van der Waals surface area contributed by atoms with Crippen LogP contribution in [-0.4, -0.2) is 0 Å². The van der Waals surface area contributed by atoms with E-state index in [0.717, 1.165) is 17.0 Å². The monoisotopic (exact) mass is 1070 g/mol. The summed E-state index contributed by atoms with van der Waals surface area (Å²) in [7, 11) is 10.1. The molecule has 10 aromatic rings. The molecule has 5 aromatic carbocycles. The molecule has 5 nitrogen and oxygen atoms in total. The summed E-state index contributed by atoms with van der Waals surface area (Å²) >= 11 is 0. The minimum absolute atomic E-state index is 0.365. The first-order valence-electron chi connectivity index (χ1n) is 30.6. The Morgan fingerprint density at radius 2 is 0.575 bits per heavy atom. The molecule has 0 N–H and O–H groups in total. The summed E-state index contributed by atoms with van der Waals surface area (Å²) in [6.45, 7) is 23.5. The maximum Gasteiger partial charge on any atom is 0.212 e. The topological polar surface area (TPSA) is 19.4 Å². The smallest absolute Gasteiger partial charge is 0.201 e. The molecule has 410 valence electrons. The van der Waals surface area contributed by atoms with Crippen LogP contribution in [0.25, 0.3) is 56.3 Å². The number of rotatable bonds is 5. The Balaban J connectivity index is 0.000000172. The summed E-state index contributed by atoms with van der Waals surface area (Å²) in [5, 5.41) is 0. The Kier molecular flexibility index (Phi) is 18.1. The van der Waals surface area contributed by atoms with Gasteiger partial charge in [-0.15, -0.1) is 0 Å². The van der Waals surface area contributed by atoms with Gasteiger partial charge >= 0.3 is 0 Å². The van der Waals surface area contributed by atoms with Crippen molar-refractivity contribution >= 4 is 0 Å². The molecule has 10 rings (SSSR count). The van der Waals surface area contributed by atoms with Crippen LogP contribution in [0.3, 0.4) is 0 Å². The summed E-state index contributed by atoms with van der Waals surface area (Å²) in [6, 6.07) is 54.3. The molecule has 0 aliphatic rings. The summed E-state index contributed by atoms with van der Waals surface area (Å²) in [4.78, 5) is 0. The highest BCUT2D eigenvalue weighted by molar-refractivity contribution is 5.67. The van der Waals surface area contributed by atoms with E-state index in [4.69, 9.17) is 8.22 Å². The zero-order valence-electron chi connectivity index (χ0n) is 57.1. The van der Waals surface area contributed by atoms with Gasteiger partial charge in [-0.2, -0.15) is 4.57 Å². The number of aryl methyl sites for hydroxylation is 18. The van der Waals surface area contributed by atoms with Gasteiger partial charge in [0.2, 0.25) is 28.5 Å². The Hall–Kier alpha value is -8.15. The Bertz CT molecular complexity index is 3980. The molecule has 0 bridgehead atoms. The first-order chi connectivity index (χ1) is 40.4. The van der Waals surface area contributed by atoms with Crippen LogP contribution in [0.4, 0.5) is 0 Å². The van der Waals surface area contributed by atoms with E-state index in [1.165, 1.54) is 112 Å². The van der Waals surface area contributed by atoms with Gasteiger partial charge < -0.3 is 0 Å². The summed E-state index contributed by atoms with van der Waals surface area (Å²) in [6.07, 6.45) is 7.70. The summed E-state index contributed by atoms with van der Waals surface area (Å²) in [5.74, 6) is 0. The van der Waals surface area contributed by atoms with Crippen LogP contribution in [0.5, 0.6) is 0 Å². The van der Waals surface area contributed by atoms with Gasteiger partial charge in [0, 0.05) is 90.0 Å². The predicted octanol–water partition coefficient (Wildman–Crippen LogP) is 15.5. The Morgan fingerprint density at radius 1 is 0.263 bits per heavy atom. The van der Waals surface area contributed by atoms with Crippen molar-refractivity contribution in [2.75, 3.05) is 0 Å². The molecular formula is C75H90N5+5. The van der Waals surface area contributed by atoms with Crippen LogP contribution in [0.2, 0.25) is 0 Å². The van der Waals surface area contributed by atoms with E-state index in [9.17, 15) is 0 Å². The SMILES string of the molecule is Cc1ccc(-c2c(C)cccc2C)[n+](C)c1.Cc1ccc(C)c(-c2ccc(C)c[n+]2C)c1.Cc1ccccc1-c1ccc(C)c(C)[n+]1C.[2H]C([2H])([2H])c1ccc(-c2c(C)cccc2C)[n+](C)c1.[2H]C([2H])([2H])c1ccc(-c2cc(C)ccc2C)[n+](C)c1. The van der Waals surface area contributed by atoms with E-state index in [1.54, 1.807) is 24.5 Å². The van der Waals surface area contributed by atoms with Crippen molar-refractivity contribution < 1.29 is 31.1 Å². The molecule has 0 aliphatic carbocycles. The second-order valence-corrected chi connectivity index (χ2v) is 21.8. The number of nitrogens with zero attached hydrogens (tertiary/aromatic N) is 5. The molecule has 0 radical (unpaired) electrons. The van der Waals surface area contributed by atoms with Gasteiger partial charge in [0.25, 0.3) is 0 Å². The molecule has 0 saturated carbocycles. The van der Waals surface area contributed by atoms with Crippen LogP contribution in [0, 0.1) is 104 Å². The molecule has 0 unspecified atom stereocenters. The maximum absolute atomic E-state index is 7.45. The van der Waals surface area contributed by atoms with Gasteiger partial charge in [-0.3, -0.25) is 0 Å². The summed E-state index contributed by atoms with van der Waals surface area (Å²) < 4.78 is 55.1. The van der Waals surface area contributed by atoms with Gasteiger partial charge in [0.05, 0.1) is 11.1 Å². The molecular weight excluding hydrogens is 971 g/mol. The van der Waals surface area contributed by atoms with Crippen molar-refractivity contribution in [1.29, 1.82) is 0 Å². The number of aromatic nitrogens is 5. The fraction of sp³-hybridized carbons (Fsp3) is 0.267. The highest BCUT2D eigenvalue weighted by atomic mass is 14.9. The molecule has 0 spiro atoms. The Labute approximate surface area is 490 Å². The highest BCUT2D eigenvalue weighted by Crippen LogP contribution is 2.27. The van der Waals surface area contributed by atoms with Crippen molar-refractivity contribution in [3.63, 3.8) is 0 Å². The highest BCUT2D eigenvalue weighted by Gasteiger charge is 2.18. The third-order valence-corrected chi connectivity index (χ3v) is 15.0. The molecule has 80 heavy (non-hydrogen) atoms. The first kappa shape index (κ1) is 52.5. The standard InChI is InChI=1S/5C15H18N/c2*1-11-5-7-13(3)14(9-11)15-8-6-12(2)10-16(15)4;2*1-11-8-9-14(16(4)10-11)15-12(2)6-5-7-13(15)3;1-11-9-10-15(16(4)13(11)3)14-8-6-5-7-12(14)2/h5*5-10H,1-4H3/q5*+1/i2D3;;1D3;;. The van der Waals surface area contributed by atoms with Crippen LogP contribution in [0.15, 0.2) is 183 Å². The van der Waals surface area contributed by atoms with Gasteiger partial charge in [-0.25, -0.2) is 18.3 Å². The lowest BCUT2D eigenvalue weighted by Crippen LogP contribution is -2.35. The fourth-order valence-corrected chi connectivity index (χ4v) is 10.3. The van der Waals surface area contributed by atoms with E-state index in [2.05, 4.69) is 265 Å². The van der Waals surface area contributed by atoms with E-state index in [1.807, 2.05) is 41.4 Å². The molecule has 0 fully saturated rings. The molecule has 5 heteroatoms.